The molecule has 10 heteroatoms. The van der Waals surface area contributed by atoms with Gasteiger partial charge in [-0.05, 0) is 32.1 Å². The average molecular weight is 458 g/mol. The van der Waals surface area contributed by atoms with Gasteiger partial charge >= 0.3 is 12.1 Å². The van der Waals surface area contributed by atoms with E-state index in [1.807, 2.05) is 6.92 Å². The maximum atomic E-state index is 12.8. The van der Waals surface area contributed by atoms with Gasteiger partial charge < -0.3 is 4.74 Å². The minimum atomic E-state index is -5.06. The van der Waals surface area contributed by atoms with Crippen molar-refractivity contribution in [3.05, 3.63) is 0 Å². The number of esters is 1. The normalized spacial score (nSPS) is 31.6. The van der Waals surface area contributed by atoms with Crippen molar-refractivity contribution in [2.45, 2.75) is 49.3 Å². The molecule has 0 radical (unpaired) electrons. The largest absolute Gasteiger partial charge is 0.451 e. The van der Waals surface area contributed by atoms with Crippen molar-refractivity contribution in [1.29, 1.82) is 0 Å². The molecule has 0 aromatic rings. The Morgan fingerprint density at radius 3 is 2.41 bits per heavy atom. The highest BCUT2D eigenvalue weighted by Crippen LogP contribution is 2.43. The first-order valence-corrected chi connectivity index (χ1v) is 9.45. The SMILES string of the molecule is CC1C[C@H](I)CC(C)(C(=O)OC(CS(=O)(=O)O)C(F)(F)F)C1. The van der Waals surface area contributed by atoms with E-state index in [0.29, 0.717) is 12.8 Å². The molecule has 1 aliphatic carbocycles. The molecule has 1 fully saturated rings. The molecule has 3 unspecified atom stereocenters. The van der Waals surface area contributed by atoms with Gasteiger partial charge in [0, 0.05) is 3.92 Å². The van der Waals surface area contributed by atoms with Crippen LogP contribution in [0.1, 0.15) is 33.1 Å². The van der Waals surface area contributed by atoms with Crippen LogP contribution in [0.15, 0.2) is 0 Å². The highest BCUT2D eigenvalue weighted by atomic mass is 127. The fourth-order valence-electron chi connectivity index (χ4n) is 2.77. The predicted molar refractivity (Wildman–Crippen MR) is 81.3 cm³/mol. The Morgan fingerprint density at radius 1 is 1.45 bits per heavy atom. The lowest BCUT2D eigenvalue weighted by Crippen LogP contribution is -2.45. The van der Waals surface area contributed by atoms with Gasteiger partial charge in [0.25, 0.3) is 10.1 Å². The number of ether oxygens (including phenoxy) is 1. The Morgan fingerprint density at radius 2 is 2.00 bits per heavy atom. The molecular weight excluding hydrogens is 440 g/mol. The van der Waals surface area contributed by atoms with Gasteiger partial charge in [-0.25, -0.2) is 0 Å². The number of rotatable bonds is 4. The van der Waals surface area contributed by atoms with Crippen LogP contribution in [-0.2, 0) is 19.6 Å². The summed E-state index contributed by atoms with van der Waals surface area (Å²) in [6.45, 7) is 3.42. The van der Waals surface area contributed by atoms with E-state index in [-0.39, 0.29) is 9.84 Å². The third-order valence-corrected chi connectivity index (χ3v) is 5.27. The lowest BCUT2D eigenvalue weighted by atomic mass is 9.71. The monoisotopic (exact) mass is 458 g/mol. The van der Waals surface area contributed by atoms with Crippen LogP contribution in [0.2, 0.25) is 0 Å². The third-order valence-electron chi connectivity index (χ3n) is 3.60. The Labute approximate surface area is 140 Å². The second-order valence-corrected chi connectivity index (χ2v) is 9.35. The van der Waals surface area contributed by atoms with Crippen molar-refractivity contribution in [1.82, 2.24) is 0 Å². The second-order valence-electron chi connectivity index (χ2n) is 6.09. The number of carbonyl (C=O) groups is 1. The van der Waals surface area contributed by atoms with Crippen molar-refractivity contribution in [3.8, 4) is 0 Å². The van der Waals surface area contributed by atoms with E-state index in [2.05, 4.69) is 27.3 Å². The molecule has 0 amide bonds. The smallest absolute Gasteiger partial charge is 0.426 e. The molecule has 0 aromatic carbocycles. The molecule has 1 N–H and O–H groups in total. The molecule has 0 heterocycles. The van der Waals surface area contributed by atoms with E-state index in [0.717, 1.165) is 6.42 Å². The number of alkyl halides is 4. The fraction of sp³-hybridized carbons (Fsp3) is 0.917. The van der Waals surface area contributed by atoms with Crippen LogP contribution < -0.4 is 0 Å². The van der Waals surface area contributed by atoms with E-state index < -0.39 is 39.5 Å². The van der Waals surface area contributed by atoms with Crippen molar-refractivity contribution < 1.29 is 35.7 Å². The van der Waals surface area contributed by atoms with Gasteiger partial charge in [-0.3, -0.25) is 9.35 Å². The highest BCUT2D eigenvalue weighted by Gasteiger charge is 2.49. The summed E-state index contributed by atoms with van der Waals surface area (Å²) in [5, 5.41) is 0. The molecule has 1 saturated carbocycles. The average Bonchev–Trinajstić information content (AvgIpc) is 2.22. The molecule has 0 spiro atoms. The highest BCUT2D eigenvalue weighted by molar-refractivity contribution is 14.1. The number of hydrogen-bond donors (Lipinski definition) is 1. The minimum Gasteiger partial charge on any atom is -0.451 e. The van der Waals surface area contributed by atoms with Gasteiger partial charge in [0.05, 0.1) is 5.41 Å². The molecule has 1 rings (SSSR count). The molecule has 1 aliphatic rings. The first kappa shape index (κ1) is 19.9. The number of carbonyl (C=O) groups excluding carboxylic acids is 1. The molecule has 0 bridgehead atoms. The molecule has 130 valence electrons. The van der Waals surface area contributed by atoms with Crippen LogP contribution >= 0.6 is 22.6 Å². The standard InChI is InChI=1S/C12H18F3IO5S/c1-7-3-8(16)5-11(2,4-7)10(17)21-9(12(13,14)15)6-22(18,19)20/h7-9H,3-6H2,1-2H3,(H,18,19,20)/t7?,8-,9?,11?/m0/s1. The zero-order valence-corrected chi connectivity index (χ0v) is 15.0. The van der Waals surface area contributed by atoms with E-state index in [4.69, 9.17) is 4.55 Å². The first-order chi connectivity index (χ1) is 9.73. The van der Waals surface area contributed by atoms with Crippen molar-refractivity contribution in [2.75, 3.05) is 5.75 Å². The summed E-state index contributed by atoms with van der Waals surface area (Å²) in [4.78, 5) is 12.2. The van der Waals surface area contributed by atoms with Gasteiger partial charge in [-0.15, -0.1) is 0 Å². The molecule has 0 aliphatic heterocycles. The van der Waals surface area contributed by atoms with E-state index in [1.165, 1.54) is 6.92 Å². The lowest BCUT2D eigenvalue weighted by Gasteiger charge is -2.38. The molecule has 22 heavy (non-hydrogen) atoms. The molecular formula is C12H18F3IO5S. The second kappa shape index (κ2) is 6.80. The maximum absolute atomic E-state index is 12.8. The molecule has 4 atom stereocenters. The van der Waals surface area contributed by atoms with Gasteiger partial charge in [0.15, 0.2) is 0 Å². The van der Waals surface area contributed by atoms with Gasteiger partial charge in [-0.2, -0.15) is 21.6 Å². The van der Waals surface area contributed by atoms with Crippen molar-refractivity contribution in [2.24, 2.45) is 11.3 Å². The van der Waals surface area contributed by atoms with Crippen LogP contribution in [0.25, 0.3) is 0 Å². The summed E-state index contributed by atoms with van der Waals surface area (Å²) in [5.41, 5.74) is -1.09. The zero-order chi connectivity index (χ0) is 17.3. The molecule has 0 aromatic heterocycles. The Bertz CT molecular complexity index is 509. The van der Waals surface area contributed by atoms with Gasteiger partial charge in [-0.1, -0.05) is 29.5 Å². The van der Waals surface area contributed by atoms with Crippen LogP contribution in [0.3, 0.4) is 0 Å². The first-order valence-electron chi connectivity index (χ1n) is 6.60. The van der Waals surface area contributed by atoms with Crippen LogP contribution in [0.4, 0.5) is 13.2 Å². The lowest BCUT2D eigenvalue weighted by molar-refractivity contribution is -0.221. The van der Waals surface area contributed by atoms with Gasteiger partial charge in [0.1, 0.15) is 5.75 Å². The van der Waals surface area contributed by atoms with Crippen molar-refractivity contribution in [3.63, 3.8) is 0 Å². The fourth-order valence-corrected chi connectivity index (χ4v) is 5.25. The van der Waals surface area contributed by atoms with E-state index in [9.17, 15) is 26.4 Å². The summed E-state index contributed by atoms with van der Waals surface area (Å²) in [6, 6.07) is 0. The van der Waals surface area contributed by atoms with E-state index >= 15 is 0 Å². The summed E-state index contributed by atoms with van der Waals surface area (Å²) in [6.07, 6.45) is -6.32. The summed E-state index contributed by atoms with van der Waals surface area (Å²) < 4.78 is 72.9. The topological polar surface area (TPSA) is 80.7 Å². The van der Waals surface area contributed by atoms with Crippen LogP contribution in [-0.4, -0.2) is 40.9 Å². The van der Waals surface area contributed by atoms with E-state index in [1.54, 1.807) is 0 Å². The third kappa shape index (κ3) is 5.84. The Hall–Kier alpha value is -0.100. The zero-order valence-electron chi connectivity index (χ0n) is 12.1. The molecule has 5 nitrogen and oxygen atoms in total. The van der Waals surface area contributed by atoms with Gasteiger partial charge in [0.2, 0.25) is 6.10 Å². The summed E-state index contributed by atoms with van der Waals surface area (Å²) >= 11 is 2.14. The van der Waals surface area contributed by atoms with Crippen LogP contribution in [0, 0.1) is 11.3 Å². The molecule has 0 saturated heterocycles. The Kier molecular flexibility index (Phi) is 6.16. The van der Waals surface area contributed by atoms with Crippen LogP contribution in [0.5, 0.6) is 0 Å². The summed E-state index contributed by atoms with van der Waals surface area (Å²) in [5.74, 6) is -2.62. The maximum Gasteiger partial charge on any atom is 0.426 e. The Balaban J connectivity index is 2.91. The predicted octanol–water partition coefficient (Wildman–Crippen LogP) is 2.98. The van der Waals surface area contributed by atoms with Crippen molar-refractivity contribution >= 4 is 38.7 Å². The number of hydrogen-bond acceptors (Lipinski definition) is 4. The minimum absolute atomic E-state index is 0.129. The number of halogens is 4. The summed E-state index contributed by atoms with van der Waals surface area (Å²) in [7, 11) is -4.92. The quantitative estimate of drug-likeness (QED) is 0.303.